The fraction of sp³-hybridized carbons (Fsp3) is 0.188. The molecule has 0 aromatic heterocycles. The predicted octanol–water partition coefficient (Wildman–Crippen LogP) is 2.22. The van der Waals surface area contributed by atoms with E-state index >= 15 is 0 Å². The molecule has 2 nitrogen and oxygen atoms in total. The maximum Gasteiger partial charge on any atom is 0.205 e. The van der Waals surface area contributed by atoms with E-state index in [0.29, 0.717) is 0 Å². The van der Waals surface area contributed by atoms with Crippen LogP contribution < -0.4 is 5.11 Å². The molecule has 0 amide bonds. The minimum Gasteiger partial charge on any atom is -0.868 e. The smallest absolute Gasteiger partial charge is 0.205 e. The van der Waals surface area contributed by atoms with Crippen molar-refractivity contribution in [2.75, 3.05) is 6.54 Å². The average Bonchev–Trinajstić information content (AvgIpc) is 3.00. The van der Waals surface area contributed by atoms with Crippen molar-refractivity contribution in [3.63, 3.8) is 0 Å². The van der Waals surface area contributed by atoms with Crippen LogP contribution in [0.2, 0.25) is 0 Å². The van der Waals surface area contributed by atoms with E-state index in [1.807, 2.05) is 18.2 Å². The molecular weight excluding hydrogens is 222 g/mol. The highest BCUT2D eigenvalue weighted by molar-refractivity contribution is 6.09. The van der Waals surface area contributed by atoms with Crippen molar-refractivity contribution in [3.8, 4) is 0 Å². The van der Waals surface area contributed by atoms with E-state index in [1.165, 1.54) is 0 Å². The fourth-order valence-electron chi connectivity index (χ4n) is 3.07. The van der Waals surface area contributed by atoms with Crippen molar-refractivity contribution < 1.29 is 9.68 Å². The number of rotatable bonds is 1. The van der Waals surface area contributed by atoms with E-state index < -0.39 is 0 Å². The Morgan fingerprint density at radius 3 is 2.50 bits per heavy atom. The van der Waals surface area contributed by atoms with E-state index in [9.17, 15) is 5.11 Å². The number of hydrogen-bond donors (Lipinski definition) is 0. The Hall–Kier alpha value is -2.09. The Morgan fingerprint density at radius 1 is 1.00 bits per heavy atom. The number of hydrogen-bond acceptors (Lipinski definition) is 1. The highest BCUT2D eigenvalue weighted by Gasteiger charge is 2.28. The van der Waals surface area contributed by atoms with E-state index in [-0.39, 0.29) is 5.76 Å². The minimum atomic E-state index is 0.181. The Bertz CT molecular complexity index is 720. The number of benzene rings is 2. The second-order valence-electron chi connectivity index (χ2n) is 4.91. The largest absolute Gasteiger partial charge is 0.868 e. The molecule has 0 N–H and O–H groups in total. The molecule has 0 unspecified atom stereocenters. The van der Waals surface area contributed by atoms with Crippen molar-refractivity contribution in [1.29, 1.82) is 0 Å². The highest BCUT2D eigenvalue weighted by atomic mass is 16.3. The first-order valence-corrected chi connectivity index (χ1v) is 6.40. The quantitative estimate of drug-likeness (QED) is 0.696. The average molecular weight is 235 g/mol. The van der Waals surface area contributed by atoms with Gasteiger partial charge in [-0.15, -0.1) is 0 Å². The van der Waals surface area contributed by atoms with E-state index in [0.717, 1.165) is 47.0 Å². The third-order valence-corrected chi connectivity index (χ3v) is 3.86. The van der Waals surface area contributed by atoms with Crippen LogP contribution in [-0.4, -0.2) is 17.3 Å². The van der Waals surface area contributed by atoms with Crippen LogP contribution in [0.5, 0.6) is 0 Å². The molecular formula is C16H13NO. The summed E-state index contributed by atoms with van der Waals surface area (Å²) in [6.45, 7) is 0.964. The lowest BCUT2D eigenvalue weighted by atomic mass is 10.0. The van der Waals surface area contributed by atoms with Crippen molar-refractivity contribution in [3.05, 3.63) is 47.5 Å². The summed E-state index contributed by atoms with van der Waals surface area (Å²) in [6, 6.07) is 12.2. The van der Waals surface area contributed by atoms with Gasteiger partial charge in [-0.25, -0.2) is 4.58 Å². The third kappa shape index (κ3) is 1.15. The van der Waals surface area contributed by atoms with Crippen LogP contribution >= 0.6 is 0 Å². The lowest BCUT2D eigenvalue weighted by Gasteiger charge is -2.09. The van der Waals surface area contributed by atoms with Gasteiger partial charge in [-0.2, -0.15) is 0 Å². The summed E-state index contributed by atoms with van der Waals surface area (Å²) in [6.07, 6.45) is 4.37. The number of nitrogens with zero attached hydrogens (tertiary/aromatic N) is 1. The first-order valence-electron chi connectivity index (χ1n) is 6.40. The molecule has 4 rings (SSSR count). The van der Waals surface area contributed by atoms with Crippen LogP contribution in [0.15, 0.2) is 36.4 Å². The van der Waals surface area contributed by atoms with Gasteiger partial charge in [0, 0.05) is 18.2 Å². The SMILES string of the molecule is [O-]C1=C([N+]2=CCCC2)c2cccc3cccc1c23. The molecule has 88 valence electrons. The van der Waals surface area contributed by atoms with Crippen LogP contribution in [-0.2, 0) is 0 Å². The van der Waals surface area contributed by atoms with Gasteiger partial charge in [-0.05, 0) is 22.8 Å². The van der Waals surface area contributed by atoms with E-state index in [4.69, 9.17) is 0 Å². The van der Waals surface area contributed by atoms with Crippen molar-refractivity contribution >= 4 is 28.4 Å². The van der Waals surface area contributed by atoms with Gasteiger partial charge in [-0.1, -0.05) is 30.3 Å². The molecule has 2 aromatic rings. The van der Waals surface area contributed by atoms with E-state index in [2.05, 4.69) is 29.0 Å². The molecule has 0 radical (unpaired) electrons. The summed E-state index contributed by atoms with van der Waals surface area (Å²) in [4.78, 5) is 0. The van der Waals surface area contributed by atoms with Gasteiger partial charge in [0.05, 0.1) is 5.56 Å². The first kappa shape index (κ1) is 9.89. The maximum atomic E-state index is 12.6. The van der Waals surface area contributed by atoms with Gasteiger partial charge in [0.1, 0.15) is 12.8 Å². The Kier molecular flexibility index (Phi) is 1.90. The Morgan fingerprint density at radius 2 is 1.78 bits per heavy atom. The predicted molar refractivity (Wildman–Crippen MR) is 71.2 cm³/mol. The van der Waals surface area contributed by atoms with Gasteiger partial charge in [0.2, 0.25) is 5.70 Å². The normalized spacial score (nSPS) is 17.7. The molecule has 0 saturated carbocycles. The molecule has 0 saturated heterocycles. The molecule has 1 aliphatic heterocycles. The molecule has 1 aliphatic carbocycles. The molecule has 18 heavy (non-hydrogen) atoms. The zero-order valence-corrected chi connectivity index (χ0v) is 10.0. The zero-order valence-electron chi connectivity index (χ0n) is 10.0. The van der Waals surface area contributed by atoms with Gasteiger partial charge in [0.15, 0.2) is 0 Å². The summed E-state index contributed by atoms with van der Waals surface area (Å²) in [5, 5.41) is 14.9. The van der Waals surface area contributed by atoms with Gasteiger partial charge in [0.25, 0.3) is 0 Å². The van der Waals surface area contributed by atoms with Crippen LogP contribution in [0.1, 0.15) is 24.0 Å². The molecule has 0 fully saturated rings. The summed E-state index contributed by atoms with van der Waals surface area (Å²) in [5.41, 5.74) is 2.84. The standard InChI is InChI=1S/C16H13NO/c18-16-13-8-4-6-11-5-3-7-12(14(11)13)15(16)17-9-1-2-10-17/h3-9H,1-2,10H2. The van der Waals surface area contributed by atoms with Gasteiger partial charge < -0.3 is 5.11 Å². The monoisotopic (exact) mass is 235 g/mol. The summed E-state index contributed by atoms with van der Waals surface area (Å²) in [5.74, 6) is 0.181. The van der Waals surface area contributed by atoms with Gasteiger partial charge >= 0.3 is 0 Å². The van der Waals surface area contributed by atoms with Crippen LogP contribution in [0.25, 0.3) is 22.2 Å². The van der Waals surface area contributed by atoms with Crippen molar-refractivity contribution in [2.24, 2.45) is 0 Å². The van der Waals surface area contributed by atoms with Crippen LogP contribution in [0.3, 0.4) is 0 Å². The minimum absolute atomic E-state index is 0.181. The van der Waals surface area contributed by atoms with Gasteiger partial charge in [-0.3, -0.25) is 0 Å². The fourth-order valence-corrected chi connectivity index (χ4v) is 3.07. The van der Waals surface area contributed by atoms with Crippen LogP contribution in [0, 0.1) is 0 Å². The highest BCUT2D eigenvalue weighted by Crippen LogP contribution is 2.40. The summed E-state index contributed by atoms with van der Waals surface area (Å²) >= 11 is 0. The lowest BCUT2D eigenvalue weighted by Crippen LogP contribution is -2.12. The van der Waals surface area contributed by atoms with E-state index in [1.54, 1.807) is 0 Å². The maximum absolute atomic E-state index is 12.6. The lowest BCUT2D eigenvalue weighted by molar-refractivity contribution is -0.422. The first-order chi connectivity index (χ1) is 8.86. The molecule has 2 aromatic carbocycles. The van der Waals surface area contributed by atoms with Crippen LogP contribution in [0.4, 0.5) is 0 Å². The topological polar surface area (TPSA) is 26.1 Å². The molecule has 1 heterocycles. The Balaban J connectivity index is 2.08. The molecule has 2 aliphatic rings. The summed E-state index contributed by atoms with van der Waals surface area (Å²) < 4.78 is 2.14. The summed E-state index contributed by atoms with van der Waals surface area (Å²) in [7, 11) is 0. The Labute approximate surface area is 106 Å². The molecule has 0 bridgehead atoms. The second-order valence-corrected chi connectivity index (χ2v) is 4.91. The van der Waals surface area contributed by atoms with Crippen molar-refractivity contribution in [1.82, 2.24) is 0 Å². The molecule has 2 heteroatoms. The molecule has 0 spiro atoms. The molecule has 0 atom stereocenters. The van der Waals surface area contributed by atoms with Crippen molar-refractivity contribution in [2.45, 2.75) is 12.8 Å². The third-order valence-electron chi connectivity index (χ3n) is 3.86. The zero-order chi connectivity index (χ0) is 12.1. The second kappa shape index (κ2) is 3.45.